The number of carboxylic acid groups (broad SMARTS) is 1. The second-order valence-electron chi connectivity index (χ2n) is 4.96. The number of carbonyl (C=O) groups is 2. The van der Waals surface area contributed by atoms with Crippen LogP contribution in [0.2, 0.25) is 0 Å². The van der Waals surface area contributed by atoms with Gasteiger partial charge in [-0.25, -0.2) is 4.79 Å². The lowest BCUT2D eigenvalue weighted by molar-refractivity contribution is -0.134. The summed E-state index contributed by atoms with van der Waals surface area (Å²) in [5, 5.41) is 8.54. The van der Waals surface area contributed by atoms with Crippen LogP contribution in [0, 0.1) is 5.92 Å². The van der Waals surface area contributed by atoms with E-state index in [1.54, 1.807) is 0 Å². The Hall–Kier alpha value is -1.32. The van der Waals surface area contributed by atoms with E-state index in [9.17, 15) is 9.59 Å². The van der Waals surface area contributed by atoms with Gasteiger partial charge in [-0.2, -0.15) is 0 Å². The van der Waals surface area contributed by atoms with E-state index in [1.165, 1.54) is 31.8 Å². The topological polar surface area (TPSA) is 57.6 Å². The minimum absolute atomic E-state index is 0.135. The maximum Gasteiger partial charge on any atom is 0.328 e. The summed E-state index contributed by atoms with van der Waals surface area (Å²) < 4.78 is 0. The summed E-state index contributed by atoms with van der Waals surface area (Å²) in [5.41, 5.74) is 0. The van der Waals surface area contributed by atoms with Crippen molar-refractivity contribution in [1.82, 2.24) is 4.90 Å². The van der Waals surface area contributed by atoms with Crippen LogP contribution in [0.5, 0.6) is 0 Å². The first-order valence-electron chi connectivity index (χ1n) is 6.40. The van der Waals surface area contributed by atoms with E-state index in [0.29, 0.717) is 12.0 Å². The summed E-state index contributed by atoms with van der Waals surface area (Å²) in [6.07, 6.45) is 9.16. The van der Waals surface area contributed by atoms with Gasteiger partial charge in [0.1, 0.15) is 0 Å². The van der Waals surface area contributed by atoms with Crippen LogP contribution < -0.4 is 0 Å². The Morgan fingerprint density at radius 1 is 1.06 bits per heavy atom. The SMILES string of the molecule is O=C(O)/C=C/C(=O)N1CCCC2CCCCC21. The highest BCUT2D eigenvalue weighted by Crippen LogP contribution is 2.35. The van der Waals surface area contributed by atoms with Crippen molar-refractivity contribution in [2.45, 2.75) is 44.6 Å². The molecule has 0 aromatic carbocycles. The fourth-order valence-electron chi connectivity index (χ4n) is 3.14. The number of fused-ring (bicyclic) bond motifs is 1. The molecule has 2 unspecified atom stereocenters. The van der Waals surface area contributed by atoms with Gasteiger partial charge in [0.15, 0.2) is 0 Å². The van der Waals surface area contributed by atoms with Crippen molar-refractivity contribution in [2.75, 3.05) is 6.54 Å². The molecule has 2 fully saturated rings. The van der Waals surface area contributed by atoms with Crippen LogP contribution in [0.1, 0.15) is 38.5 Å². The molecule has 1 aliphatic heterocycles. The Morgan fingerprint density at radius 3 is 2.53 bits per heavy atom. The van der Waals surface area contributed by atoms with Crippen molar-refractivity contribution in [2.24, 2.45) is 5.92 Å². The van der Waals surface area contributed by atoms with Crippen molar-refractivity contribution >= 4 is 11.9 Å². The Kier molecular flexibility index (Phi) is 3.82. The number of rotatable bonds is 2. The van der Waals surface area contributed by atoms with Crippen molar-refractivity contribution in [3.05, 3.63) is 12.2 Å². The van der Waals surface area contributed by atoms with Crippen LogP contribution >= 0.6 is 0 Å². The van der Waals surface area contributed by atoms with Gasteiger partial charge in [0.2, 0.25) is 5.91 Å². The highest BCUT2D eigenvalue weighted by Gasteiger charge is 2.34. The third kappa shape index (κ3) is 2.87. The van der Waals surface area contributed by atoms with E-state index < -0.39 is 5.97 Å². The molecule has 1 amide bonds. The summed E-state index contributed by atoms with van der Waals surface area (Å²) in [7, 11) is 0. The number of amides is 1. The fourth-order valence-corrected chi connectivity index (χ4v) is 3.14. The lowest BCUT2D eigenvalue weighted by Crippen LogP contribution is -2.49. The summed E-state index contributed by atoms with van der Waals surface area (Å²) in [6, 6.07) is 0.350. The van der Waals surface area contributed by atoms with Crippen LogP contribution in [0.15, 0.2) is 12.2 Å². The van der Waals surface area contributed by atoms with Gasteiger partial charge >= 0.3 is 5.97 Å². The van der Waals surface area contributed by atoms with Crippen LogP contribution in [0.25, 0.3) is 0 Å². The summed E-state index contributed by atoms with van der Waals surface area (Å²) in [5.74, 6) is -0.556. The zero-order valence-corrected chi connectivity index (χ0v) is 9.97. The van der Waals surface area contributed by atoms with Gasteiger partial charge in [0.25, 0.3) is 0 Å². The van der Waals surface area contributed by atoms with E-state index in [1.807, 2.05) is 4.90 Å². The molecule has 0 spiro atoms. The first-order chi connectivity index (χ1) is 8.18. The summed E-state index contributed by atoms with van der Waals surface area (Å²) >= 11 is 0. The number of piperidine rings is 1. The molecule has 1 saturated carbocycles. The standard InChI is InChI=1S/C13H19NO3/c15-12(7-8-13(16)17)14-9-3-5-10-4-1-2-6-11(10)14/h7-8,10-11H,1-6,9H2,(H,16,17)/b8-7+. The Morgan fingerprint density at radius 2 is 1.76 bits per heavy atom. The number of likely N-dealkylation sites (tertiary alicyclic amines) is 1. The van der Waals surface area contributed by atoms with Crippen molar-refractivity contribution in [3.8, 4) is 0 Å². The Bertz CT molecular complexity index is 336. The van der Waals surface area contributed by atoms with Crippen molar-refractivity contribution in [1.29, 1.82) is 0 Å². The molecule has 4 nitrogen and oxygen atoms in total. The lowest BCUT2D eigenvalue weighted by Gasteiger charge is -2.43. The number of hydrogen-bond acceptors (Lipinski definition) is 2. The highest BCUT2D eigenvalue weighted by atomic mass is 16.4. The number of aliphatic carboxylic acids is 1. The van der Waals surface area contributed by atoms with Gasteiger partial charge in [0, 0.05) is 24.7 Å². The molecule has 4 heteroatoms. The molecule has 0 bridgehead atoms. The molecule has 1 saturated heterocycles. The second-order valence-corrected chi connectivity index (χ2v) is 4.96. The van der Waals surface area contributed by atoms with Crippen molar-refractivity contribution in [3.63, 3.8) is 0 Å². The monoisotopic (exact) mass is 237 g/mol. The van der Waals surface area contributed by atoms with Crippen LogP contribution in [0.4, 0.5) is 0 Å². The van der Waals surface area contributed by atoms with Gasteiger partial charge in [0.05, 0.1) is 0 Å². The molecule has 1 aliphatic carbocycles. The molecule has 1 N–H and O–H groups in total. The van der Waals surface area contributed by atoms with Crippen LogP contribution in [-0.4, -0.2) is 34.5 Å². The van der Waals surface area contributed by atoms with Gasteiger partial charge in [-0.1, -0.05) is 12.8 Å². The van der Waals surface area contributed by atoms with E-state index in [0.717, 1.165) is 25.5 Å². The minimum Gasteiger partial charge on any atom is -0.478 e. The van der Waals surface area contributed by atoms with Crippen LogP contribution in [0.3, 0.4) is 0 Å². The molecule has 0 aromatic rings. The largest absolute Gasteiger partial charge is 0.478 e. The third-order valence-electron chi connectivity index (χ3n) is 3.89. The number of carbonyl (C=O) groups excluding carboxylic acids is 1. The molecule has 0 aromatic heterocycles. The van der Waals surface area contributed by atoms with Crippen LogP contribution in [-0.2, 0) is 9.59 Å². The lowest BCUT2D eigenvalue weighted by atomic mass is 9.78. The molecular formula is C13H19NO3. The summed E-state index contributed by atoms with van der Waals surface area (Å²) in [4.78, 5) is 24.2. The smallest absolute Gasteiger partial charge is 0.328 e. The maximum atomic E-state index is 11.9. The summed E-state index contributed by atoms with van der Waals surface area (Å²) in [6.45, 7) is 0.782. The molecule has 2 rings (SSSR count). The number of hydrogen-bond donors (Lipinski definition) is 1. The molecule has 1 heterocycles. The maximum absolute atomic E-state index is 11.9. The number of carboxylic acids is 1. The number of nitrogens with zero attached hydrogens (tertiary/aromatic N) is 1. The van der Waals surface area contributed by atoms with E-state index in [-0.39, 0.29) is 5.91 Å². The molecule has 17 heavy (non-hydrogen) atoms. The zero-order valence-electron chi connectivity index (χ0n) is 9.97. The van der Waals surface area contributed by atoms with E-state index in [2.05, 4.69) is 0 Å². The minimum atomic E-state index is -1.06. The first-order valence-corrected chi connectivity index (χ1v) is 6.40. The fraction of sp³-hybridized carbons (Fsp3) is 0.692. The average molecular weight is 237 g/mol. The normalized spacial score (nSPS) is 29.1. The van der Waals surface area contributed by atoms with Gasteiger partial charge in [-0.3, -0.25) is 4.79 Å². The van der Waals surface area contributed by atoms with E-state index >= 15 is 0 Å². The average Bonchev–Trinajstić information content (AvgIpc) is 2.35. The highest BCUT2D eigenvalue weighted by molar-refractivity contribution is 5.94. The molecular weight excluding hydrogens is 218 g/mol. The molecule has 94 valence electrons. The van der Waals surface area contributed by atoms with Gasteiger partial charge < -0.3 is 10.0 Å². The Balaban J connectivity index is 2.03. The van der Waals surface area contributed by atoms with Crippen molar-refractivity contribution < 1.29 is 14.7 Å². The zero-order chi connectivity index (χ0) is 12.3. The third-order valence-corrected chi connectivity index (χ3v) is 3.89. The first kappa shape index (κ1) is 12.1. The van der Waals surface area contributed by atoms with Gasteiger partial charge in [-0.05, 0) is 31.6 Å². The predicted octanol–water partition coefficient (Wildman–Crippen LogP) is 1.81. The second kappa shape index (κ2) is 5.34. The van der Waals surface area contributed by atoms with Gasteiger partial charge in [-0.15, -0.1) is 0 Å². The molecule has 2 atom stereocenters. The predicted molar refractivity (Wildman–Crippen MR) is 63.5 cm³/mol. The van der Waals surface area contributed by atoms with E-state index in [4.69, 9.17) is 5.11 Å². The molecule has 0 radical (unpaired) electrons. The molecule has 2 aliphatic rings. The Labute approximate surface area is 101 Å². The quantitative estimate of drug-likeness (QED) is 0.745.